The number of anilines is 2. The van der Waals surface area contributed by atoms with Crippen LogP contribution in [0.25, 0.3) is 11.3 Å². The lowest BCUT2D eigenvalue weighted by molar-refractivity contribution is 0.427. The first-order valence-electron chi connectivity index (χ1n) is 5.95. The summed E-state index contributed by atoms with van der Waals surface area (Å²) in [4.78, 5) is 2.15. The summed E-state index contributed by atoms with van der Waals surface area (Å²) in [5.74, 6) is 1.09. The molecule has 0 atom stereocenters. The number of phenols is 1. The van der Waals surface area contributed by atoms with Crippen molar-refractivity contribution < 1.29 is 9.63 Å². The van der Waals surface area contributed by atoms with Gasteiger partial charge in [0.05, 0.1) is 5.56 Å². The molecule has 0 spiro atoms. The zero-order valence-corrected chi connectivity index (χ0v) is 10.2. The third kappa shape index (κ3) is 1.59. The lowest BCUT2D eigenvalue weighted by Gasteiger charge is -2.28. The summed E-state index contributed by atoms with van der Waals surface area (Å²) in [6, 6.07) is 5.46. The molecule has 1 aromatic heterocycles. The maximum Gasteiger partial charge on any atom is 0.172 e. The van der Waals surface area contributed by atoms with Gasteiger partial charge in [0.1, 0.15) is 5.75 Å². The number of hydrogen-bond donors (Lipinski definition) is 2. The number of nitrogen functional groups attached to an aromatic ring is 1. The van der Waals surface area contributed by atoms with Crippen LogP contribution in [0.1, 0.15) is 12.0 Å². The molecule has 0 fully saturated rings. The van der Waals surface area contributed by atoms with Gasteiger partial charge in [0.2, 0.25) is 0 Å². The molecule has 1 aliphatic rings. The Hall–Kier alpha value is -2.17. The molecule has 0 saturated carbocycles. The van der Waals surface area contributed by atoms with E-state index in [1.165, 1.54) is 0 Å². The van der Waals surface area contributed by atoms with Gasteiger partial charge in [0.15, 0.2) is 11.6 Å². The molecule has 0 amide bonds. The monoisotopic (exact) mass is 245 g/mol. The number of fused-ring (bicyclic) bond motifs is 1. The highest BCUT2D eigenvalue weighted by Gasteiger charge is 2.21. The zero-order chi connectivity index (χ0) is 12.7. The van der Waals surface area contributed by atoms with E-state index >= 15 is 0 Å². The number of benzene rings is 1. The third-order valence-electron chi connectivity index (χ3n) is 3.38. The van der Waals surface area contributed by atoms with Crippen molar-refractivity contribution in [3.8, 4) is 17.1 Å². The summed E-state index contributed by atoms with van der Waals surface area (Å²) in [6.07, 6.45) is 1.92. The minimum Gasteiger partial charge on any atom is -0.507 e. The fourth-order valence-electron chi connectivity index (χ4n) is 2.46. The van der Waals surface area contributed by atoms with Gasteiger partial charge in [0.25, 0.3) is 0 Å². The van der Waals surface area contributed by atoms with Gasteiger partial charge in [-0.1, -0.05) is 5.16 Å². The Kier molecular flexibility index (Phi) is 2.40. The van der Waals surface area contributed by atoms with E-state index in [9.17, 15) is 5.11 Å². The lowest BCUT2D eigenvalue weighted by atomic mass is 9.97. The molecule has 1 aliphatic heterocycles. The Morgan fingerprint density at radius 3 is 3.00 bits per heavy atom. The molecule has 1 aromatic carbocycles. The van der Waals surface area contributed by atoms with Gasteiger partial charge in [-0.15, -0.1) is 0 Å². The van der Waals surface area contributed by atoms with Gasteiger partial charge >= 0.3 is 0 Å². The summed E-state index contributed by atoms with van der Waals surface area (Å²) >= 11 is 0. The van der Waals surface area contributed by atoms with Crippen LogP contribution in [-0.2, 0) is 6.42 Å². The van der Waals surface area contributed by atoms with Gasteiger partial charge in [-0.2, -0.15) is 0 Å². The largest absolute Gasteiger partial charge is 0.507 e. The topological polar surface area (TPSA) is 75.5 Å². The SMILES string of the molecule is CN1CCCc2c1ccc(-c1cc(N)no1)c2O. The molecule has 3 rings (SSSR count). The fourth-order valence-corrected chi connectivity index (χ4v) is 2.46. The predicted octanol–water partition coefficient (Wildman–Crippen LogP) is 2.01. The molecule has 0 radical (unpaired) electrons. The van der Waals surface area contributed by atoms with Gasteiger partial charge in [-0.3, -0.25) is 0 Å². The Balaban J connectivity index is 2.13. The van der Waals surface area contributed by atoms with E-state index in [1.54, 1.807) is 6.07 Å². The first kappa shape index (κ1) is 11.0. The molecular weight excluding hydrogens is 230 g/mol. The summed E-state index contributed by atoms with van der Waals surface area (Å²) in [5.41, 5.74) is 8.23. The Bertz CT molecular complexity index is 592. The van der Waals surface area contributed by atoms with Crippen molar-refractivity contribution in [2.45, 2.75) is 12.8 Å². The van der Waals surface area contributed by atoms with E-state index in [1.807, 2.05) is 19.2 Å². The summed E-state index contributed by atoms with van der Waals surface area (Å²) in [6.45, 7) is 1.01. The van der Waals surface area contributed by atoms with Gasteiger partial charge in [0, 0.05) is 30.9 Å². The van der Waals surface area contributed by atoms with E-state index in [-0.39, 0.29) is 5.75 Å². The first-order chi connectivity index (χ1) is 8.66. The number of phenolic OH excluding ortho intramolecular Hbond substituents is 1. The van der Waals surface area contributed by atoms with E-state index in [4.69, 9.17) is 10.3 Å². The van der Waals surface area contributed by atoms with Crippen LogP contribution in [0.15, 0.2) is 22.7 Å². The molecule has 0 saturated heterocycles. The molecule has 5 nitrogen and oxygen atoms in total. The number of nitrogens with two attached hydrogens (primary N) is 1. The van der Waals surface area contributed by atoms with Gasteiger partial charge < -0.3 is 20.3 Å². The fraction of sp³-hybridized carbons (Fsp3) is 0.308. The van der Waals surface area contributed by atoms with Crippen molar-refractivity contribution in [1.29, 1.82) is 0 Å². The van der Waals surface area contributed by atoms with Gasteiger partial charge in [-0.05, 0) is 25.0 Å². The summed E-state index contributed by atoms with van der Waals surface area (Å²) < 4.78 is 5.10. The second-order valence-electron chi connectivity index (χ2n) is 4.60. The third-order valence-corrected chi connectivity index (χ3v) is 3.38. The van der Waals surface area contributed by atoms with Crippen LogP contribution in [0.4, 0.5) is 11.5 Å². The van der Waals surface area contributed by atoms with E-state index < -0.39 is 0 Å². The molecule has 18 heavy (non-hydrogen) atoms. The number of aromatic nitrogens is 1. The maximum atomic E-state index is 10.4. The van der Waals surface area contributed by atoms with Crippen LogP contribution in [0, 0.1) is 0 Å². The molecular formula is C13H15N3O2. The zero-order valence-electron chi connectivity index (χ0n) is 10.2. The highest BCUT2D eigenvalue weighted by atomic mass is 16.5. The molecule has 3 N–H and O–H groups in total. The standard InChI is InChI=1S/C13H15N3O2/c1-16-6-2-3-8-10(16)5-4-9(13(8)17)11-7-12(14)15-18-11/h4-5,7,17H,2-3,6H2,1H3,(H2,14,15). The quantitative estimate of drug-likeness (QED) is 0.803. The van der Waals surface area contributed by atoms with Crippen LogP contribution < -0.4 is 10.6 Å². The van der Waals surface area contributed by atoms with Crippen LogP contribution in [0.3, 0.4) is 0 Å². The van der Waals surface area contributed by atoms with E-state index in [2.05, 4.69) is 10.1 Å². The Morgan fingerprint density at radius 1 is 1.44 bits per heavy atom. The van der Waals surface area contributed by atoms with Crippen molar-refractivity contribution in [2.24, 2.45) is 0 Å². The molecule has 0 bridgehead atoms. The molecule has 2 heterocycles. The van der Waals surface area contributed by atoms with Crippen molar-refractivity contribution >= 4 is 11.5 Å². The molecule has 0 aliphatic carbocycles. The number of hydrogen-bond acceptors (Lipinski definition) is 5. The average molecular weight is 245 g/mol. The van der Waals surface area contributed by atoms with Gasteiger partial charge in [-0.25, -0.2) is 0 Å². The van der Waals surface area contributed by atoms with E-state index in [0.29, 0.717) is 17.1 Å². The summed E-state index contributed by atoms with van der Waals surface area (Å²) in [7, 11) is 2.03. The molecule has 94 valence electrons. The van der Waals surface area contributed by atoms with Crippen molar-refractivity contribution in [3.05, 3.63) is 23.8 Å². The normalized spacial score (nSPS) is 14.6. The Morgan fingerprint density at radius 2 is 2.28 bits per heavy atom. The van der Waals surface area contributed by atoms with E-state index in [0.717, 1.165) is 30.6 Å². The summed E-state index contributed by atoms with van der Waals surface area (Å²) in [5, 5.41) is 14.0. The highest BCUT2D eigenvalue weighted by molar-refractivity contribution is 5.75. The second kappa shape index (κ2) is 3.94. The minimum absolute atomic E-state index is 0.273. The maximum absolute atomic E-state index is 10.4. The second-order valence-corrected chi connectivity index (χ2v) is 4.60. The number of aromatic hydroxyl groups is 1. The van der Waals surface area contributed by atoms with Crippen LogP contribution >= 0.6 is 0 Å². The van der Waals surface area contributed by atoms with Crippen molar-refractivity contribution in [1.82, 2.24) is 5.16 Å². The lowest BCUT2D eigenvalue weighted by Crippen LogP contribution is -2.24. The predicted molar refractivity (Wildman–Crippen MR) is 69.6 cm³/mol. The molecule has 5 heteroatoms. The molecule has 2 aromatic rings. The van der Waals surface area contributed by atoms with Crippen molar-refractivity contribution in [3.63, 3.8) is 0 Å². The highest BCUT2D eigenvalue weighted by Crippen LogP contribution is 2.40. The minimum atomic E-state index is 0.273. The molecule has 0 unspecified atom stereocenters. The van der Waals surface area contributed by atoms with Crippen LogP contribution in [0.2, 0.25) is 0 Å². The first-order valence-corrected chi connectivity index (χ1v) is 5.95. The number of nitrogens with zero attached hydrogens (tertiary/aromatic N) is 2. The van der Waals surface area contributed by atoms with Crippen molar-refractivity contribution in [2.75, 3.05) is 24.2 Å². The smallest absolute Gasteiger partial charge is 0.172 e. The Labute approximate surface area is 105 Å². The van der Waals surface area contributed by atoms with Crippen LogP contribution in [0.5, 0.6) is 5.75 Å². The van der Waals surface area contributed by atoms with Crippen LogP contribution in [-0.4, -0.2) is 23.9 Å². The number of rotatable bonds is 1. The average Bonchev–Trinajstić information content (AvgIpc) is 2.77.